The number of methoxy groups -OCH3 is 1. The van der Waals surface area contributed by atoms with Crippen molar-refractivity contribution >= 4 is 16.0 Å². The van der Waals surface area contributed by atoms with Gasteiger partial charge >= 0.3 is 5.97 Å². The Hall–Kier alpha value is -2.26. The van der Waals surface area contributed by atoms with Gasteiger partial charge in [0.15, 0.2) is 5.82 Å². The van der Waals surface area contributed by atoms with Crippen molar-refractivity contribution in [1.82, 2.24) is 14.9 Å². The van der Waals surface area contributed by atoms with E-state index < -0.39 is 16.0 Å². The highest BCUT2D eigenvalue weighted by Crippen LogP contribution is 2.11. The van der Waals surface area contributed by atoms with Crippen LogP contribution in [0.25, 0.3) is 0 Å². The average Bonchev–Trinajstić information content (AvgIpc) is 2.92. The van der Waals surface area contributed by atoms with Gasteiger partial charge in [-0.3, -0.25) is 0 Å². The Labute approximate surface area is 127 Å². The van der Waals surface area contributed by atoms with Crippen molar-refractivity contribution in [2.75, 3.05) is 13.7 Å². The van der Waals surface area contributed by atoms with Crippen LogP contribution in [-0.2, 0) is 21.2 Å². The van der Waals surface area contributed by atoms with Crippen LogP contribution in [0.3, 0.4) is 0 Å². The minimum atomic E-state index is -3.66. The minimum absolute atomic E-state index is 0.0573. The Bertz CT molecular complexity index is 752. The summed E-state index contributed by atoms with van der Waals surface area (Å²) in [6.07, 6.45) is 0.292. The number of nitrogens with one attached hydrogen (secondary N) is 1. The molecule has 0 saturated heterocycles. The first-order chi connectivity index (χ1) is 10.4. The van der Waals surface area contributed by atoms with Crippen LogP contribution in [-0.4, -0.2) is 38.2 Å². The molecule has 9 heteroatoms. The molecule has 0 spiro atoms. The number of hydrogen-bond acceptors (Lipinski definition) is 7. The molecule has 2 rings (SSSR count). The van der Waals surface area contributed by atoms with Gasteiger partial charge in [0, 0.05) is 13.0 Å². The molecule has 0 saturated carbocycles. The molecule has 1 aromatic carbocycles. The molecular formula is C13H15N3O5S. The van der Waals surface area contributed by atoms with Crippen molar-refractivity contribution < 1.29 is 22.5 Å². The van der Waals surface area contributed by atoms with Crippen LogP contribution < -0.4 is 4.72 Å². The fourth-order valence-corrected chi connectivity index (χ4v) is 2.74. The molecule has 1 N–H and O–H groups in total. The second-order valence-corrected chi connectivity index (χ2v) is 6.17. The first kappa shape index (κ1) is 16.1. The van der Waals surface area contributed by atoms with Crippen LogP contribution in [0.2, 0.25) is 0 Å². The number of aromatic nitrogens is 2. The zero-order valence-corrected chi connectivity index (χ0v) is 12.9. The Morgan fingerprint density at radius 3 is 2.55 bits per heavy atom. The molecule has 0 aliphatic rings. The highest BCUT2D eigenvalue weighted by atomic mass is 32.2. The van der Waals surface area contributed by atoms with Gasteiger partial charge in [-0.15, -0.1) is 0 Å². The lowest BCUT2D eigenvalue weighted by atomic mass is 10.2. The predicted molar refractivity (Wildman–Crippen MR) is 75.7 cm³/mol. The predicted octanol–water partition coefficient (Wildman–Crippen LogP) is 0.686. The number of hydrogen-bond donors (Lipinski definition) is 1. The lowest BCUT2D eigenvalue weighted by Crippen LogP contribution is -2.26. The van der Waals surface area contributed by atoms with Gasteiger partial charge in [-0.05, 0) is 31.2 Å². The largest absolute Gasteiger partial charge is 0.465 e. The summed E-state index contributed by atoms with van der Waals surface area (Å²) in [6, 6.07) is 5.46. The second kappa shape index (κ2) is 6.67. The molecule has 22 heavy (non-hydrogen) atoms. The summed E-state index contributed by atoms with van der Waals surface area (Å²) >= 11 is 0. The first-order valence-electron chi connectivity index (χ1n) is 6.39. The van der Waals surface area contributed by atoms with Crippen molar-refractivity contribution in [3.63, 3.8) is 0 Å². The third-order valence-corrected chi connectivity index (χ3v) is 4.26. The summed E-state index contributed by atoms with van der Waals surface area (Å²) in [7, 11) is -2.41. The topological polar surface area (TPSA) is 111 Å². The third kappa shape index (κ3) is 3.89. The van der Waals surface area contributed by atoms with E-state index in [0.717, 1.165) is 0 Å². The van der Waals surface area contributed by atoms with Crippen molar-refractivity contribution in [2.45, 2.75) is 18.2 Å². The van der Waals surface area contributed by atoms with E-state index in [0.29, 0.717) is 18.1 Å². The molecule has 0 aliphatic carbocycles. The highest BCUT2D eigenvalue weighted by Gasteiger charge is 2.15. The van der Waals surface area contributed by atoms with Crippen LogP contribution >= 0.6 is 0 Å². The van der Waals surface area contributed by atoms with Crippen LogP contribution in [0, 0.1) is 6.92 Å². The first-order valence-corrected chi connectivity index (χ1v) is 7.88. The molecule has 1 aromatic heterocycles. The van der Waals surface area contributed by atoms with E-state index in [1.807, 2.05) is 0 Å². The van der Waals surface area contributed by atoms with Gasteiger partial charge < -0.3 is 9.26 Å². The number of aryl methyl sites for hydroxylation is 1. The van der Waals surface area contributed by atoms with E-state index in [2.05, 4.69) is 19.6 Å². The fraction of sp³-hybridized carbons (Fsp3) is 0.308. The molecule has 2 aromatic rings. The fourth-order valence-electron chi connectivity index (χ4n) is 1.71. The summed E-state index contributed by atoms with van der Waals surface area (Å²) in [5, 5.41) is 3.62. The molecule has 1 heterocycles. The van der Waals surface area contributed by atoms with Crippen LogP contribution in [0.15, 0.2) is 33.7 Å². The summed E-state index contributed by atoms with van der Waals surface area (Å²) in [5.41, 5.74) is 0.280. The number of carbonyl (C=O) groups excluding carboxylic acids is 1. The molecule has 0 radical (unpaired) electrons. The Morgan fingerprint density at radius 2 is 2.00 bits per heavy atom. The van der Waals surface area contributed by atoms with E-state index in [1.54, 1.807) is 6.92 Å². The van der Waals surface area contributed by atoms with E-state index in [9.17, 15) is 13.2 Å². The molecule has 0 fully saturated rings. The molecule has 118 valence electrons. The zero-order valence-electron chi connectivity index (χ0n) is 12.1. The van der Waals surface area contributed by atoms with Gasteiger partial charge in [-0.2, -0.15) is 4.98 Å². The number of ether oxygens (including phenoxy) is 1. The second-order valence-electron chi connectivity index (χ2n) is 4.40. The van der Waals surface area contributed by atoms with Crippen molar-refractivity contribution in [1.29, 1.82) is 0 Å². The van der Waals surface area contributed by atoms with Gasteiger partial charge in [-0.1, -0.05) is 5.16 Å². The van der Waals surface area contributed by atoms with Crippen molar-refractivity contribution in [3.05, 3.63) is 41.5 Å². The van der Waals surface area contributed by atoms with Gasteiger partial charge in [-0.25, -0.2) is 17.9 Å². The maximum absolute atomic E-state index is 12.1. The van der Waals surface area contributed by atoms with E-state index >= 15 is 0 Å². The van der Waals surface area contributed by atoms with Crippen molar-refractivity contribution in [2.24, 2.45) is 0 Å². The number of benzene rings is 1. The molecule has 0 unspecified atom stereocenters. The summed E-state index contributed by atoms with van der Waals surface area (Å²) in [6.45, 7) is 1.81. The number of nitrogens with zero attached hydrogens (tertiary/aromatic N) is 2. The zero-order chi connectivity index (χ0) is 16.2. The maximum atomic E-state index is 12.1. The monoisotopic (exact) mass is 325 g/mol. The summed E-state index contributed by atoms with van der Waals surface area (Å²) < 4.78 is 36.0. The lowest BCUT2D eigenvalue weighted by molar-refractivity contribution is 0.0600. The van der Waals surface area contributed by atoms with Gasteiger partial charge in [0.1, 0.15) is 0 Å². The Balaban J connectivity index is 1.99. The van der Waals surface area contributed by atoms with E-state index in [-0.39, 0.29) is 17.0 Å². The van der Waals surface area contributed by atoms with E-state index in [4.69, 9.17) is 4.52 Å². The van der Waals surface area contributed by atoms with Gasteiger partial charge in [0.25, 0.3) is 0 Å². The smallest absolute Gasteiger partial charge is 0.337 e. The number of carbonyl (C=O) groups is 1. The molecule has 8 nitrogen and oxygen atoms in total. The molecule has 0 amide bonds. The maximum Gasteiger partial charge on any atom is 0.337 e. The van der Waals surface area contributed by atoms with Gasteiger partial charge in [0.05, 0.1) is 17.6 Å². The molecular weight excluding hydrogens is 310 g/mol. The number of esters is 1. The summed E-state index contributed by atoms with van der Waals surface area (Å²) in [5.74, 6) is 0.334. The number of sulfonamides is 1. The van der Waals surface area contributed by atoms with Crippen LogP contribution in [0.4, 0.5) is 0 Å². The standard InChI is InChI=1S/C13H15N3O5S/c1-9-15-12(21-16-9)7-8-14-22(18,19)11-5-3-10(4-6-11)13(17)20-2/h3-6,14H,7-8H2,1-2H3. The minimum Gasteiger partial charge on any atom is -0.465 e. The highest BCUT2D eigenvalue weighted by molar-refractivity contribution is 7.89. The Kier molecular flexibility index (Phi) is 4.88. The summed E-state index contributed by atoms with van der Waals surface area (Å²) in [4.78, 5) is 15.3. The molecule has 0 atom stereocenters. The van der Waals surface area contributed by atoms with E-state index in [1.165, 1.54) is 31.4 Å². The quantitative estimate of drug-likeness (QED) is 0.777. The van der Waals surface area contributed by atoms with Gasteiger partial charge in [0.2, 0.25) is 15.9 Å². The third-order valence-electron chi connectivity index (χ3n) is 2.79. The van der Waals surface area contributed by atoms with Crippen LogP contribution in [0.1, 0.15) is 22.1 Å². The average molecular weight is 325 g/mol. The number of rotatable bonds is 6. The Morgan fingerprint density at radius 1 is 1.32 bits per heavy atom. The normalized spacial score (nSPS) is 11.4. The van der Waals surface area contributed by atoms with Crippen molar-refractivity contribution in [3.8, 4) is 0 Å². The lowest BCUT2D eigenvalue weighted by Gasteiger charge is -2.06. The van der Waals surface area contributed by atoms with Crippen LogP contribution in [0.5, 0.6) is 0 Å². The SMILES string of the molecule is COC(=O)c1ccc(S(=O)(=O)NCCc2nc(C)no2)cc1. The molecule has 0 aliphatic heterocycles. The molecule has 0 bridgehead atoms.